The van der Waals surface area contributed by atoms with Gasteiger partial charge in [0.2, 0.25) is 0 Å². The number of ether oxygens (including phenoxy) is 2. The van der Waals surface area contributed by atoms with Crippen molar-refractivity contribution in [1.82, 2.24) is 0 Å². The molecule has 6 nitrogen and oxygen atoms in total. The minimum atomic E-state index is -0.910. The van der Waals surface area contributed by atoms with E-state index in [9.17, 15) is 9.59 Å². The van der Waals surface area contributed by atoms with E-state index in [0.717, 1.165) is 0 Å². The second-order valence-corrected chi connectivity index (χ2v) is 2.95. The van der Waals surface area contributed by atoms with Crippen molar-refractivity contribution < 1.29 is 19.1 Å². The van der Waals surface area contributed by atoms with Crippen molar-refractivity contribution in [2.45, 2.75) is 18.9 Å². The number of carbonyl (C=O) groups excluding carboxylic acids is 2. The summed E-state index contributed by atoms with van der Waals surface area (Å²) in [6.07, 6.45) is 0.0181. The molecule has 0 aromatic heterocycles. The number of hydrogen-bond acceptors (Lipinski definition) is 6. The van der Waals surface area contributed by atoms with Gasteiger partial charge in [0.1, 0.15) is 6.04 Å². The molecule has 2 atom stereocenters. The minimum Gasteiger partial charge on any atom is -0.469 e. The second kappa shape index (κ2) is 6.79. The Labute approximate surface area is 87.9 Å². The van der Waals surface area contributed by atoms with Crippen LogP contribution in [0, 0.1) is 17.2 Å². The molecule has 0 aliphatic heterocycles. The van der Waals surface area contributed by atoms with E-state index in [-0.39, 0.29) is 12.8 Å². The number of carbonyl (C=O) groups is 2. The fourth-order valence-corrected chi connectivity index (χ4v) is 1.09. The van der Waals surface area contributed by atoms with Crippen molar-refractivity contribution in [2.75, 3.05) is 14.2 Å². The average Bonchev–Trinajstić information content (AvgIpc) is 2.26. The van der Waals surface area contributed by atoms with Crippen LogP contribution in [-0.2, 0) is 19.1 Å². The monoisotopic (exact) mass is 214 g/mol. The van der Waals surface area contributed by atoms with E-state index in [0.29, 0.717) is 0 Å². The molecule has 0 spiro atoms. The third-order valence-corrected chi connectivity index (χ3v) is 1.91. The largest absolute Gasteiger partial charge is 0.469 e. The summed E-state index contributed by atoms with van der Waals surface area (Å²) < 4.78 is 8.89. The van der Waals surface area contributed by atoms with Gasteiger partial charge < -0.3 is 15.2 Å². The molecule has 15 heavy (non-hydrogen) atoms. The average molecular weight is 214 g/mol. The lowest BCUT2D eigenvalue weighted by Crippen LogP contribution is -2.35. The first-order chi connectivity index (χ1) is 7.06. The third-order valence-electron chi connectivity index (χ3n) is 1.91. The molecule has 0 rings (SSSR count). The molecule has 2 N–H and O–H groups in total. The van der Waals surface area contributed by atoms with Crippen molar-refractivity contribution in [2.24, 2.45) is 11.7 Å². The quantitative estimate of drug-likeness (QED) is 0.623. The molecule has 0 heterocycles. The summed E-state index contributed by atoms with van der Waals surface area (Å²) in [5.74, 6) is -1.84. The predicted molar refractivity (Wildman–Crippen MR) is 50.3 cm³/mol. The number of nitrogens with two attached hydrogens (primary N) is 1. The van der Waals surface area contributed by atoms with Gasteiger partial charge in [-0.05, 0) is 6.42 Å². The molecular formula is C9H14N2O4. The number of methoxy groups -OCH3 is 2. The number of nitrogens with zero attached hydrogens (tertiary/aromatic N) is 1. The summed E-state index contributed by atoms with van der Waals surface area (Å²) in [7, 11) is 2.43. The van der Waals surface area contributed by atoms with E-state index in [1.54, 1.807) is 0 Å². The van der Waals surface area contributed by atoms with E-state index >= 15 is 0 Å². The minimum absolute atomic E-state index is 0.0304. The van der Waals surface area contributed by atoms with E-state index in [4.69, 9.17) is 11.0 Å². The van der Waals surface area contributed by atoms with Crippen molar-refractivity contribution in [3.63, 3.8) is 0 Å². The van der Waals surface area contributed by atoms with Gasteiger partial charge in [0.25, 0.3) is 0 Å². The molecule has 6 heteroatoms. The Bertz CT molecular complexity index is 272. The molecule has 0 unspecified atom stereocenters. The van der Waals surface area contributed by atoms with E-state index < -0.39 is 23.9 Å². The van der Waals surface area contributed by atoms with Gasteiger partial charge in [-0.25, -0.2) is 0 Å². The van der Waals surface area contributed by atoms with E-state index in [1.165, 1.54) is 14.2 Å². The molecule has 0 fully saturated rings. The Morgan fingerprint density at radius 2 is 1.87 bits per heavy atom. The van der Waals surface area contributed by atoms with Gasteiger partial charge in [-0.15, -0.1) is 0 Å². The summed E-state index contributed by atoms with van der Waals surface area (Å²) in [4.78, 5) is 22.1. The van der Waals surface area contributed by atoms with Crippen LogP contribution in [0.1, 0.15) is 12.8 Å². The Balaban J connectivity index is 4.35. The zero-order chi connectivity index (χ0) is 11.8. The van der Waals surface area contributed by atoms with Gasteiger partial charge in [-0.3, -0.25) is 9.59 Å². The molecule has 0 radical (unpaired) electrons. The first-order valence-electron chi connectivity index (χ1n) is 4.35. The summed E-state index contributed by atoms with van der Waals surface area (Å²) in [5.41, 5.74) is 5.46. The fourth-order valence-electron chi connectivity index (χ4n) is 1.09. The highest BCUT2D eigenvalue weighted by Gasteiger charge is 2.25. The van der Waals surface area contributed by atoms with Crippen LogP contribution in [0.4, 0.5) is 0 Å². The van der Waals surface area contributed by atoms with E-state index in [1.807, 2.05) is 6.07 Å². The molecule has 0 bridgehead atoms. The van der Waals surface area contributed by atoms with Gasteiger partial charge in [-0.1, -0.05) is 0 Å². The second-order valence-electron chi connectivity index (χ2n) is 2.95. The lowest BCUT2D eigenvalue weighted by Gasteiger charge is -2.14. The summed E-state index contributed by atoms with van der Waals surface area (Å²) in [6, 6.07) is 0.927. The molecule has 0 aromatic carbocycles. The van der Waals surface area contributed by atoms with Gasteiger partial charge in [0, 0.05) is 6.42 Å². The molecule has 0 amide bonds. The zero-order valence-corrected chi connectivity index (χ0v) is 8.73. The Kier molecular flexibility index (Phi) is 6.06. The van der Waals surface area contributed by atoms with Crippen molar-refractivity contribution in [3.05, 3.63) is 0 Å². The van der Waals surface area contributed by atoms with Crippen LogP contribution >= 0.6 is 0 Å². The normalized spacial score (nSPS) is 13.5. The summed E-state index contributed by atoms with van der Waals surface area (Å²) >= 11 is 0. The molecule has 0 aromatic rings. The van der Waals surface area contributed by atoms with Crippen molar-refractivity contribution in [1.29, 1.82) is 5.26 Å². The lowest BCUT2D eigenvalue weighted by atomic mass is 9.97. The van der Waals surface area contributed by atoms with Crippen molar-refractivity contribution in [3.8, 4) is 6.07 Å². The maximum absolute atomic E-state index is 11.2. The highest BCUT2D eigenvalue weighted by Crippen LogP contribution is 2.12. The first kappa shape index (κ1) is 13.4. The van der Waals surface area contributed by atoms with Crippen LogP contribution in [0.5, 0.6) is 0 Å². The zero-order valence-electron chi connectivity index (χ0n) is 8.73. The molecule has 0 aliphatic carbocycles. The third kappa shape index (κ3) is 4.42. The Morgan fingerprint density at radius 3 is 2.27 bits per heavy atom. The van der Waals surface area contributed by atoms with Gasteiger partial charge in [0.05, 0.1) is 26.2 Å². The van der Waals surface area contributed by atoms with Crippen LogP contribution in [0.25, 0.3) is 0 Å². The highest BCUT2D eigenvalue weighted by molar-refractivity contribution is 5.78. The van der Waals surface area contributed by atoms with E-state index in [2.05, 4.69) is 9.47 Å². The van der Waals surface area contributed by atoms with Gasteiger partial charge in [-0.2, -0.15) is 5.26 Å². The van der Waals surface area contributed by atoms with Gasteiger partial charge >= 0.3 is 11.9 Å². The molecular weight excluding hydrogens is 200 g/mol. The smallest absolute Gasteiger partial charge is 0.322 e. The number of hydrogen-bond donors (Lipinski definition) is 1. The molecule has 0 saturated carbocycles. The van der Waals surface area contributed by atoms with Crippen LogP contribution < -0.4 is 5.73 Å². The van der Waals surface area contributed by atoms with Gasteiger partial charge in [0.15, 0.2) is 0 Å². The lowest BCUT2D eigenvalue weighted by molar-refractivity contribution is -0.147. The predicted octanol–water partition coefficient (Wildman–Crippen LogP) is -0.420. The van der Waals surface area contributed by atoms with Crippen molar-refractivity contribution >= 4 is 11.9 Å². The maximum Gasteiger partial charge on any atom is 0.322 e. The van der Waals surface area contributed by atoms with Crippen LogP contribution in [0.2, 0.25) is 0 Å². The molecule has 0 saturated heterocycles. The highest BCUT2D eigenvalue weighted by atomic mass is 16.5. The summed E-state index contributed by atoms with van der Waals surface area (Å²) in [5, 5.41) is 8.48. The SMILES string of the molecule is COC(=O)[C@@H](CC#N)C[C@H](N)C(=O)OC. The first-order valence-corrected chi connectivity index (χ1v) is 4.35. The molecule has 84 valence electrons. The van der Waals surface area contributed by atoms with Crippen LogP contribution in [-0.4, -0.2) is 32.2 Å². The summed E-state index contributed by atoms with van der Waals surface area (Å²) in [6.45, 7) is 0. The maximum atomic E-state index is 11.2. The Morgan fingerprint density at radius 1 is 1.33 bits per heavy atom. The van der Waals surface area contributed by atoms with Crippen LogP contribution in [0.15, 0.2) is 0 Å². The topological polar surface area (TPSA) is 102 Å². The van der Waals surface area contributed by atoms with Crippen LogP contribution in [0.3, 0.4) is 0 Å². The Hall–Kier alpha value is -1.61. The number of rotatable bonds is 5. The standard InChI is InChI=1S/C9H14N2O4/c1-14-8(12)6(3-4-10)5-7(11)9(13)15-2/h6-7H,3,5,11H2,1-2H3/t6-,7-/m0/s1. The molecule has 0 aliphatic rings. The fraction of sp³-hybridized carbons (Fsp3) is 0.667. The number of esters is 2. The number of nitriles is 1.